The van der Waals surface area contributed by atoms with Crippen LogP contribution in [-0.2, 0) is 33.6 Å². The molecule has 5 aliphatic heterocycles. The number of fused-ring (bicyclic) bond motifs is 9. The third kappa shape index (κ3) is 13.2. The van der Waals surface area contributed by atoms with Gasteiger partial charge in [0.15, 0.2) is 17.3 Å². The molecule has 5 aliphatic rings. The van der Waals surface area contributed by atoms with Gasteiger partial charge in [0.05, 0.1) is 43.7 Å². The smallest absolute Gasteiger partial charge is 0.238 e. The highest BCUT2D eigenvalue weighted by molar-refractivity contribution is 8.04. The van der Waals surface area contributed by atoms with Gasteiger partial charge in [0.2, 0.25) is 17.7 Å². The van der Waals surface area contributed by atoms with Crippen LogP contribution in [0.1, 0.15) is 84.0 Å². The van der Waals surface area contributed by atoms with Crippen LogP contribution in [0.15, 0.2) is 0 Å². The van der Waals surface area contributed by atoms with Gasteiger partial charge in [0.1, 0.15) is 11.2 Å². The van der Waals surface area contributed by atoms with Crippen molar-refractivity contribution in [2.24, 2.45) is 17.4 Å². The van der Waals surface area contributed by atoms with E-state index in [0.29, 0.717) is 45.3 Å². The molecule has 0 aromatic carbocycles. The number of hydrogen-bond donors (Lipinski definition) is 8. The number of ketones is 4. The van der Waals surface area contributed by atoms with Crippen molar-refractivity contribution in [2.45, 2.75) is 135 Å². The fourth-order valence-corrected chi connectivity index (χ4v) is 13.0. The summed E-state index contributed by atoms with van der Waals surface area (Å²) in [5.41, 5.74) is 11.4. The molecule has 19 heteroatoms. The number of primary amides is 1. The van der Waals surface area contributed by atoms with Crippen LogP contribution in [0.25, 0.3) is 0 Å². The van der Waals surface area contributed by atoms with Gasteiger partial charge in [-0.05, 0) is 70.9 Å². The van der Waals surface area contributed by atoms with Crippen LogP contribution in [0.4, 0.5) is 0 Å². The average molecular weight is 840 g/mol. The van der Waals surface area contributed by atoms with E-state index in [1.54, 1.807) is 18.7 Å². The summed E-state index contributed by atoms with van der Waals surface area (Å²) in [6.07, 6.45) is 5.69. The number of thioether (sulfide) groups is 2. The van der Waals surface area contributed by atoms with E-state index in [0.717, 1.165) is 44.2 Å². The number of amides is 3. The quantitative estimate of drug-likeness (QED) is 0.122. The van der Waals surface area contributed by atoms with Gasteiger partial charge in [-0.3, -0.25) is 53.8 Å². The first-order chi connectivity index (χ1) is 26.9. The summed E-state index contributed by atoms with van der Waals surface area (Å²) in [6.45, 7) is 4.06. The third-order valence-corrected chi connectivity index (χ3v) is 16.1. The van der Waals surface area contributed by atoms with E-state index in [4.69, 9.17) is 11.5 Å². The van der Waals surface area contributed by atoms with E-state index in [1.165, 1.54) is 0 Å². The van der Waals surface area contributed by atoms with Crippen LogP contribution in [0.2, 0.25) is 0 Å². The predicted molar refractivity (Wildman–Crippen MR) is 220 cm³/mol. The molecule has 16 nitrogen and oxygen atoms in total. The van der Waals surface area contributed by atoms with Crippen molar-refractivity contribution in [1.82, 2.24) is 36.2 Å². The number of hydrogen-bond acceptors (Lipinski definition) is 16. The molecule has 314 valence electrons. The molecule has 56 heavy (non-hydrogen) atoms. The van der Waals surface area contributed by atoms with E-state index in [-0.39, 0.29) is 101 Å². The van der Waals surface area contributed by atoms with Gasteiger partial charge >= 0.3 is 0 Å². The molecule has 5 saturated heterocycles. The Morgan fingerprint density at radius 3 is 2.41 bits per heavy atom. The van der Waals surface area contributed by atoms with Crippen LogP contribution in [0.3, 0.4) is 0 Å². The number of carbonyl (C=O) groups excluding carboxylic acids is 7. The lowest BCUT2D eigenvalue weighted by Crippen LogP contribution is -2.56. The van der Waals surface area contributed by atoms with E-state index < -0.39 is 41.7 Å². The number of unbranched alkanes of at least 4 members (excludes halogenated alkanes) is 1. The molecule has 0 aliphatic carbocycles. The molecule has 6 unspecified atom stereocenters. The first kappa shape index (κ1) is 45.0. The van der Waals surface area contributed by atoms with Crippen LogP contribution in [0.5, 0.6) is 0 Å². The van der Waals surface area contributed by atoms with Crippen molar-refractivity contribution in [2.75, 3.05) is 45.9 Å². The van der Waals surface area contributed by atoms with Crippen molar-refractivity contribution >= 4 is 76.3 Å². The van der Waals surface area contributed by atoms with Gasteiger partial charge in [-0.1, -0.05) is 18.4 Å². The summed E-state index contributed by atoms with van der Waals surface area (Å²) in [6, 6.07) is -2.87. The summed E-state index contributed by atoms with van der Waals surface area (Å²) in [4.78, 5) is 97.0. The molecule has 5 rings (SSSR count). The standard InChI is InChI=1S/C37H61N9O7S3/c1-21-30(49)9-10-31-34-22-13-23(47)17-42-36(53)29-6-4-12-46(29)19-26(55-34)8-7-25(54-31)14-24(48)18-41-35(52)28(15-32(39)50)44-37(56-45-21)33(51)27(5-2-3-11-38)43-20-40-16-22/h21-22,25-29,31,34,37,40,43-45H,2-20,38H2,1H3,(H2,39,50)(H,41,52)(H,42,53)/t21-,22?,25?,26?,27+,28+,29+,31?,34?,37?/m1/s1. The normalized spacial score (nSPS) is 35.5. The molecule has 0 aromatic heterocycles. The largest absolute Gasteiger partial charge is 0.370 e. The first-order valence-electron chi connectivity index (χ1n) is 20.2. The number of Topliss-reactive ketones (excluding diaryl/α,β-unsaturated/α-hetero) is 4. The van der Waals surface area contributed by atoms with Gasteiger partial charge in [0.25, 0.3) is 0 Å². The Morgan fingerprint density at radius 1 is 0.893 bits per heavy atom. The Balaban J connectivity index is 1.57. The first-order valence-corrected chi connectivity index (χ1v) is 23.0. The van der Waals surface area contributed by atoms with Crippen LogP contribution < -0.4 is 42.8 Å². The van der Waals surface area contributed by atoms with Crippen molar-refractivity contribution in [3.8, 4) is 0 Å². The molecule has 3 amide bonds. The minimum Gasteiger partial charge on any atom is -0.370 e. The van der Waals surface area contributed by atoms with Gasteiger partial charge in [-0.2, -0.15) is 23.5 Å². The zero-order chi connectivity index (χ0) is 40.2. The van der Waals surface area contributed by atoms with Gasteiger partial charge in [-0.15, -0.1) is 0 Å². The molecule has 0 radical (unpaired) electrons. The van der Waals surface area contributed by atoms with Crippen molar-refractivity contribution in [3.05, 3.63) is 0 Å². The minimum atomic E-state index is -1.22. The highest BCUT2D eigenvalue weighted by Gasteiger charge is 2.41. The second-order valence-electron chi connectivity index (χ2n) is 15.7. The lowest BCUT2D eigenvalue weighted by Gasteiger charge is -2.41. The Labute approximate surface area is 342 Å². The minimum absolute atomic E-state index is 0.0532. The Bertz CT molecular complexity index is 1430. The molecule has 5 heterocycles. The molecule has 10 atom stereocenters. The highest BCUT2D eigenvalue weighted by Crippen LogP contribution is 2.44. The topological polar surface area (TPSA) is 247 Å². The second-order valence-corrected chi connectivity index (χ2v) is 19.7. The number of nitrogens with two attached hydrogens (primary N) is 2. The number of nitrogens with zero attached hydrogens (tertiary/aromatic N) is 1. The van der Waals surface area contributed by atoms with E-state index in [1.807, 2.05) is 11.8 Å². The maximum atomic E-state index is 14.4. The zero-order valence-corrected chi connectivity index (χ0v) is 34.8. The maximum absolute atomic E-state index is 14.4. The summed E-state index contributed by atoms with van der Waals surface area (Å²) >= 11 is 4.57. The molecule has 0 spiro atoms. The summed E-state index contributed by atoms with van der Waals surface area (Å²) in [5, 5.41) is 14.3. The Kier molecular flexibility index (Phi) is 17.9. The molecule has 0 saturated carbocycles. The lowest BCUT2D eigenvalue weighted by atomic mass is 9.93. The van der Waals surface area contributed by atoms with E-state index in [2.05, 4.69) is 36.2 Å². The van der Waals surface area contributed by atoms with Crippen molar-refractivity contribution in [3.63, 3.8) is 0 Å². The lowest BCUT2D eigenvalue weighted by molar-refractivity contribution is -0.129. The van der Waals surface area contributed by atoms with Gasteiger partial charge in [0, 0.05) is 60.0 Å². The molecule has 0 aromatic rings. The summed E-state index contributed by atoms with van der Waals surface area (Å²) in [5.74, 6) is -2.28. The molecule has 5 bridgehead atoms. The molecule has 5 fully saturated rings. The monoisotopic (exact) mass is 839 g/mol. The third-order valence-electron chi connectivity index (χ3n) is 11.4. The summed E-state index contributed by atoms with van der Waals surface area (Å²) in [7, 11) is 0. The number of nitrogens with one attached hydrogen (secondary N) is 6. The fourth-order valence-electron chi connectivity index (χ4n) is 8.28. The van der Waals surface area contributed by atoms with Crippen LogP contribution in [-0.4, -0.2) is 142 Å². The maximum Gasteiger partial charge on any atom is 0.238 e. The van der Waals surface area contributed by atoms with E-state index in [9.17, 15) is 33.6 Å². The fraction of sp³-hybridized carbons (Fsp3) is 0.811. The Hall–Kier alpha value is -2.10. The van der Waals surface area contributed by atoms with E-state index >= 15 is 0 Å². The average Bonchev–Trinajstić information content (AvgIpc) is 3.62. The molecular weight excluding hydrogens is 779 g/mol. The second kappa shape index (κ2) is 22.3. The van der Waals surface area contributed by atoms with Crippen LogP contribution >= 0.6 is 35.5 Å². The number of rotatable bonds is 6. The zero-order valence-electron chi connectivity index (χ0n) is 32.4. The SMILES string of the molecule is C[C@H]1NSC2N[C@@H](CC(N)=O)C(=O)NCC(=O)CC3CCC4CN5CCC[C@H]5C(=O)NCC(=O)CC(CNCN[C@@H](CCCCN)C2=O)C(S4)C(CCC1=O)S3. The Morgan fingerprint density at radius 2 is 1.64 bits per heavy atom. The van der Waals surface area contributed by atoms with Crippen molar-refractivity contribution < 1.29 is 33.6 Å². The molecule has 10 N–H and O–H groups in total. The molecular formula is C37H61N9O7S3. The van der Waals surface area contributed by atoms with Crippen molar-refractivity contribution in [1.29, 1.82) is 0 Å². The number of carbonyl (C=O) groups is 7. The predicted octanol–water partition coefficient (Wildman–Crippen LogP) is -0.668. The van der Waals surface area contributed by atoms with Gasteiger partial charge in [-0.25, -0.2) is 0 Å². The highest BCUT2D eigenvalue weighted by atomic mass is 32.2. The van der Waals surface area contributed by atoms with Gasteiger partial charge < -0.3 is 27.4 Å². The summed E-state index contributed by atoms with van der Waals surface area (Å²) < 4.78 is 3.16. The van der Waals surface area contributed by atoms with Crippen LogP contribution in [0, 0.1) is 5.92 Å².